The number of aromatic nitrogens is 2. The van der Waals surface area contributed by atoms with E-state index in [-0.39, 0.29) is 5.91 Å². The number of carbonyl (C=O) groups excluding carboxylic acids is 2. The van der Waals surface area contributed by atoms with E-state index in [4.69, 9.17) is 4.74 Å². The second kappa shape index (κ2) is 6.51. The van der Waals surface area contributed by atoms with Gasteiger partial charge in [0, 0.05) is 18.0 Å². The van der Waals surface area contributed by atoms with E-state index in [0.29, 0.717) is 24.4 Å². The lowest BCUT2D eigenvalue weighted by molar-refractivity contribution is 0.0526. The van der Waals surface area contributed by atoms with Gasteiger partial charge in [0.25, 0.3) is 5.91 Å². The maximum absolute atomic E-state index is 11.9. The van der Waals surface area contributed by atoms with Gasteiger partial charge in [0.15, 0.2) is 0 Å². The van der Waals surface area contributed by atoms with Crippen molar-refractivity contribution in [3.8, 4) is 0 Å². The average Bonchev–Trinajstić information content (AvgIpc) is 2.98. The highest BCUT2D eigenvalue weighted by Crippen LogP contribution is 2.06. The monoisotopic (exact) mass is 273 g/mol. The van der Waals surface area contributed by atoms with Gasteiger partial charge in [0.05, 0.1) is 25.2 Å². The molecule has 0 aliphatic carbocycles. The molecule has 104 valence electrons. The summed E-state index contributed by atoms with van der Waals surface area (Å²) in [4.78, 5) is 27.2. The first-order valence-corrected chi connectivity index (χ1v) is 6.22. The molecule has 0 aliphatic rings. The normalized spacial score (nSPS) is 10.1. The fourth-order valence-electron chi connectivity index (χ4n) is 1.62. The van der Waals surface area contributed by atoms with Crippen molar-refractivity contribution in [2.45, 2.75) is 13.6 Å². The standard InChI is InChI=1S/C14H15N3O3/c1-2-20-14(19)12-5-3-11(4-6-12)13(18)16-10-17-8-7-15-9-17/h3-9H,2,10H2,1H3,(H,16,18). The maximum atomic E-state index is 11.9. The van der Waals surface area contributed by atoms with E-state index in [9.17, 15) is 9.59 Å². The number of rotatable bonds is 5. The van der Waals surface area contributed by atoms with Gasteiger partial charge < -0.3 is 14.6 Å². The van der Waals surface area contributed by atoms with Gasteiger partial charge in [-0.3, -0.25) is 4.79 Å². The molecule has 0 spiro atoms. The lowest BCUT2D eigenvalue weighted by atomic mass is 10.1. The molecule has 2 rings (SSSR count). The second-order valence-electron chi connectivity index (χ2n) is 4.04. The number of nitrogens with zero attached hydrogens (tertiary/aromatic N) is 2. The lowest BCUT2D eigenvalue weighted by Crippen LogP contribution is -2.25. The van der Waals surface area contributed by atoms with Crippen molar-refractivity contribution in [1.29, 1.82) is 0 Å². The fraction of sp³-hybridized carbons (Fsp3) is 0.214. The molecule has 0 aliphatic heterocycles. The second-order valence-corrected chi connectivity index (χ2v) is 4.04. The molecular weight excluding hydrogens is 258 g/mol. The van der Waals surface area contributed by atoms with Crippen LogP contribution in [0.5, 0.6) is 0 Å². The Morgan fingerprint density at radius 1 is 1.25 bits per heavy atom. The smallest absolute Gasteiger partial charge is 0.338 e. The van der Waals surface area contributed by atoms with Gasteiger partial charge in [-0.2, -0.15) is 0 Å². The quantitative estimate of drug-likeness (QED) is 0.837. The Morgan fingerprint density at radius 3 is 2.55 bits per heavy atom. The fourth-order valence-corrected chi connectivity index (χ4v) is 1.62. The van der Waals surface area contributed by atoms with Crippen LogP contribution < -0.4 is 5.32 Å². The highest BCUT2D eigenvalue weighted by Gasteiger charge is 2.09. The molecule has 0 saturated carbocycles. The van der Waals surface area contributed by atoms with Crippen molar-refractivity contribution >= 4 is 11.9 Å². The van der Waals surface area contributed by atoms with Crippen molar-refractivity contribution in [1.82, 2.24) is 14.9 Å². The van der Waals surface area contributed by atoms with Crippen LogP contribution in [0.25, 0.3) is 0 Å². The minimum absolute atomic E-state index is 0.214. The molecule has 20 heavy (non-hydrogen) atoms. The van der Waals surface area contributed by atoms with E-state index in [2.05, 4.69) is 10.3 Å². The van der Waals surface area contributed by atoms with Crippen LogP contribution in [0.1, 0.15) is 27.6 Å². The van der Waals surface area contributed by atoms with Gasteiger partial charge in [-0.1, -0.05) is 0 Å². The van der Waals surface area contributed by atoms with E-state index in [0.717, 1.165) is 0 Å². The van der Waals surface area contributed by atoms with E-state index < -0.39 is 5.97 Å². The number of carbonyl (C=O) groups is 2. The first-order chi connectivity index (χ1) is 9.70. The average molecular weight is 273 g/mol. The Labute approximate surface area is 116 Å². The Kier molecular flexibility index (Phi) is 4.49. The molecule has 0 atom stereocenters. The lowest BCUT2D eigenvalue weighted by Gasteiger charge is -2.06. The summed E-state index contributed by atoms with van der Waals surface area (Å²) in [5, 5.41) is 2.74. The minimum atomic E-state index is -0.391. The Morgan fingerprint density at radius 2 is 1.95 bits per heavy atom. The third-order valence-corrected chi connectivity index (χ3v) is 2.64. The summed E-state index contributed by atoms with van der Waals surface area (Å²) >= 11 is 0. The topological polar surface area (TPSA) is 73.2 Å². The zero-order valence-electron chi connectivity index (χ0n) is 11.1. The number of amides is 1. The van der Waals surface area contributed by atoms with Crippen molar-refractivity contribution in [2.24, 2.45) is 0 Å². The molecule has 1 aromatic carbocycles. The van der Waals surface area contributed by atoms with Gasteiger partial charge in [0.2, 0.25) is 0 Å². The molecule has 0 saturated heterocycles. The van der Waals surface area contributed by atoms with Crippen LogP contribution in [0.2, 0.25) is 0 Å². The molecule has 2 aromatic rings. The molecule has 1 amide bonds. The molecule has 1 heterocycles. The third kappa shape index (κ3) is 3.44. The van der Waals surface area contributed by atoms with Crippen LogP contribution in [0.15, 0.2) is 43.0 Å². The van der Waals surface area contributed by atoms with E-state index >= 15 is 0 Å². The number of ether oxygens (including phenoxy) is 1. The zero-order valence-corrected chi connectivity index (χ0v) is 11.1. The Bertz CT molecular complexity index is 576. The highest BCUT2D eigenvalue weighted by molar-refractivity contribution is 5.96. The number of hydrogen-bond acceptors (Lipinski definition) is 4. The minimum Gasteiger partial charge on any atom is -0.462 e. The van der Waals surface area contributed by atoms with Gasteiger partial charge >= 0.3 is 5.97 Å². The molecule has 1 N–H and O–H groups in total. The molecule has 0 radical (unpaired) electrons. The first-order valence-electron chi connectivity index (χ1n) is 6.22. The summed E-state index contributed by atoms with van der Waals surface area (Å²) in [7, 11) is 0. The predicted octanol–water partition coefficient (Wildman–Crippen LogP) is 1.45. The SMILES string of the molecule is CCOC(=O)c1ccc(C(=O)NCn2ccnc2)cc1. The molecule has 1 aromatic heterocycles. The highest BCUT2D eigenvalue weighted by atomic mass is 16.5. The van der Waals surface area contributed by atoms with Crippen LogP contribution in [0.4, 0.5) is 0 Å². The first kappa shape index (κ1) is 13.8. The molecular formula is C14H15N3O3. The number of nitrogens with one attached hydrogen (secondary N) is 1. The van der Waals surface area contributed by atoms with E-state index in [1.54, 1.807) is 54.5 Å². The van der Waals surface area contributed by atoms with Crippen LogP contribution in [-0.2, 0) is 11.4 Å². The van der Waals surface area contributed by atoms with Crippen LogP contribution >= 0.6 is 0 Å². The van der Waals surface area contributed by atoms with Crippen LogP contribution in [-0.4, -0.2) is 28.0 Å². The summed E-state index contributed by atoms with van der Waals surface area (Å²) in [6, 6.07) is 6.33. The summed E-state index contributed by atoms with van der Waals surface area (Å²) < 4.78 is 6.62. The van der Waals surface area contributed by atoms with Crippen molar-refractivity contribution < 1.29 is 14.3 Å². The largest absolute Gasteiger partial charge is 0.462 e. The van der Waals surface area contributed by atoms with Crippen molar-refractivity contribution in [3.05, 3.63) is 54.1 Å². The van der Waals surface area contributed by atoms with Crippen molar-refractivity contribution in [3.63, 3.8) is 0 Å². The van der Waals surface area contributed by atoms with Crippen LogP contribution in [0.3, 0.4) is 0 Å². The predicted molar refractivity (Wildman–Crippen MR) is 72.1 cm³/mol. The Hall–Kier alpha value is -2.63. The zero-order chi connectivity index (χ0) is 14.4. The van der Waals surface area contributed by atoms with Gasteiger partial charge in [-0.25, -0.2) is 9.78 Å². The van der Waals surface area contributed by atoms with E-state index in [1.165, 1.54) is 0 Å². The molecule has 0 fully saturated rings. The Balaban J connectivity index is 1.95. The summed E-state index contributed by atoms with van der Waals surface area (Å²) in [5.74, 6) is -0.605. The summed E-state index contributed by atoms with van der Waals surface area (Å²) in [5.41, 5.74) is 0.913. The van der Waals surface area contributed by atoms with Gasteiger partial charge in [-0.05, 0) is 31.2 Å². The van der Waals surface area contributed by atoms with Gasteiger partial charge in [-0.15, -0.1) is 0 Å². The maximum Gasteiger partial charge on any atom is 0.338 e. The molecule has 0 bridgehead atoms. The number of benzene rings is 1. The number of esters is 1. The molecule has 6 nitrogen and oxygen atoms in total. The van der Waals surface area contributed by atoms with Crippen molar-refractivity contribution in [2.75, 3.05) is 6.61 Å². The van der Waals surface area contributed by atoms with E-state index in [1.807, 2.05) is 0 Å². The number of imidazole rings is 1. The summed E-state index contributed by atoms with van der Waals surface area (Å²) in [6.07, 6.45) is 5.01. The summed E-state index contributed by atoms with van der Waals surface area (Å²) in [6.45, 7) is 2.42. The van der Waals surface area contributed by atoms with Crippen LogP contribution in [0, 0.1) is 0 Å². The third-order valence-electron chi connectivity index (χ3n) is 2.64. The van der Waals surface area contributed by atoms with Gasteiger partial charge in [0.1, 0.15) is 0 Å². The number of hydrogen-bond donors (Lipinski definition) is 1. The molecule has 0 unspecified atom stereocenters. The molecule has 6 heteroatoms.